The maximum Gasteiger partial charge on any atom is 0.251 e. The Kier molecular flexibility index (Phi) is 4.86. The number of carbonyl (C=O) groups is 1. The first kappa shape index (κ1) is 18.9. The van der Waals surface area contributed by atoms with E-state index in [-0.39, 0.29) is 28.1 Å². The van der Waals surface area contributed by atoms with Crippen LogP contribution in [0.2, 0.25) is 5.02 Å². The van der Waals surface area contributed by atoms with E-state index in [1.165, 1.54) is 18.2 Å². The van der Waals surface area contributed by atoms with Gasteiger partial charge in [-0.3, -0.25) is 4.79 Å². The van der Waals surface area contributed by atoms with Crippen LogP contribution in [0.1, 0.15) is 29.0 Å². The molecule has 4 rings (SSSR count). The van der Waals surface area contributed by atoms with E-state index >= 15 is 0 Å². The van der Waals surface area contributed by atoms with Crippen molar-refractivity contribution in [3.05, 3.63) is 58.9 Å². The van der Waals surface area contributed by atoms with E-state index in [1.54, 1.807) is 0 Å². The fraction of sp³-hybridized carbons (Fsp3) is 0.263. The molecule has 3 aromatic rings. The molecule has 2 aromatic carbocycles. The average Bonchev–Trinajstić information content (AvgIpc) is 3.41. The second-order valence-electron chi connectivity index (χ2n) is 6.80. The molecule has 0 bridgehead atoms. The van der Waals surface area contributed by atoms with Gasteiger partial charge in [0.15, 0.2) is 0 Å². The predicted octanol–water partition coefficient (Wildman–Crippen LogP) is 2.60. The Hall–Kier alpha value is -2.42. The third kappa shape index (κ3) is 3.76. The number of carbonyl (C=O) groups excluding carboxylic acids is 1. The van der Waals surface area contributed by atoms with Crippen LogP contribution in [-0.2, 0) is 23.6 Å². The summed E-state index contributed by atoms with van der Waals surface area (Å²) in [6, 6.07) is 11.9. The summed E-state index contributed by atoms with van der Waals surface area (Å²) in [5.41, 5.74) is 2.04. The number of nitrogens with zero attached hydrogens (tertiary/aromatic N) is 2. The zero-order chi connectivity index (χ0) is 19.9. The van der Waals surface area contributed by atoms with Crippen molar-refractivity contribution in [1.29, 1.82) is 0 Å². The highest BCUT2D eigenvalue weighted by molar-refractivity contribution is 7.89. The van der Waals surface area contributed by atoms with Gasteiger partial charge in [0.05, 0.1) is 22.6 Å². The Balaban J connectivity index is 1.53. The van der Waals surface area contributed by atoms with Crippen LogP contribution in [-0.4, -0.2) is 29.9 Å². The Morgan fingerprint density at radius 2 is 2.00 bits per heavy atom. The molecule has 1 aliphatic rings. The van der Waals surface area contributed by atoms with Gasteiger partial charge in [-0.05, 0) is 43.2 Å². The highest BCUT2D eigenvalue weighted by Crippen LogP contribution is 2.27. The van der Waals surface area contributed by atoms with Gasteiger partial charge in [-0.2, -0.15) is 0 Å². The summed E-state index contributed by atoms with van der Waals surface area (Å²) in [5, 5.41) is 2.87. The molecule has 146 valence electrons. The topological polar surface area (TPSA) is 93.1 Å². The second-order valence-corrected chi connectivity index (χ2v) is 8.89. The van der Waals surface area contributed by atoms with Crippen molar-refractivity contribution in [2.45, 2.75) is 30.3 Å². The molecule has 2 N–H and O–H groups in total. The molecule has 9 heteroatoms. The molecule has 0 aliphatic heterocycles. The lowest BCUT2D eigenvalue weighted by atomic mass is 10.2. The Bertz CT molecular complexity index is 1170. The Morgan fingerprint density at radius 3 is 2.71 bits per heavy atom. The molecule has 1 saturated carbocycles. The number of imidazole rings is 1. The van der Waals surface area contributed by atoms with Gasteiger partial charge in [0, 0.05) is 18.7 Å². The van der Waals surface area contributed by atoms with Crippen molar-refractivity contribution in [2.75, 3.05) is 0 Å². The van der Waals surface area contributed by atoms with E-state index in [9.17, 15) is 13.2 Å². The lowest BCUT2D eigenvalue weighted by molar-refractivity contribution is 0.0949. The minimum Gasteiger partial charge on any atom is -0.345 e. The van der Waals surface area contributed by atoms with Gasteiger partial charge in [0.2, 0.25) is 10.0 Å². The van der Waals surface area contributed by atoms with Crippen molar-refractivity contribution in [2.24, 2.45) is 7.05 Å². The van der Waals surface area contributed by atoms with Crippen molar-refractivity contribution >= 4 is 38.6 Å². The first-order chi connectivity index (χ1) is 13.3. The molecule has 7 nitrogen and oxygen atoms in total. The van der Waals surface area contributed by atoms with E-state index in [0.29, 0.717) is 5.82 Å². The zero-order valence-corrected chi connectivity index (χ0v) is 16.7. The number of fused-ring (bicyclic) bond motifs is 1. The summed E-state index contributed by atoms with van der Waals surface area (Å²) < 4.78 is 29.4. The van der Waals surface area contributed by atoms with Crippen molar-refractivity contribution in [3.8, 4) is 0 Å². The number of aromatic nitrogens is 2. The van der Waals surface area contributed by atoms with Crippen LogP contribution in [0.3, 0.4) is 0 Å². The molecule has 0 spiro atoms. The number of amides is 1. The lowest BCUT2D eigenvalue weighted by Gasteiger charge is -2.10. The number of rotatable bonds is 6. The second kappa shape index (κ2) is 7.20. The minimum absolute atomic E-state index is 0.0453. The van der Waals surface area contributed by atoms with E-state index in [1.807, 2.05) is 35.9 Å². The van der Waals surface area contributed by atoms with Crippen molar-refractivity contribution in [3.63, 3.8) is 0 Å². The van der Waals surface area contributed by atoms with Gasteiger partial charge >= 0.3 is 0 Å². The molecular weight excluding hydrogens is 400 g/mol. The van der Waals surface area contributed by atoms with Gasteiger partial charge in [-0.15, -0.1) is 0 Å². The first-order valence-corrected chi connectivity index (χ1v) is 10.7. The summed E-state index contributed by atoms with van der Waals surface area (Å²) in [5.74, 6) is 0.304. The Labute approximate surface area is 167 Å². The summed E-state index contributed by atoms with van der Waals surface area (Å²) in [4.78, 5) is 17.0. The number of halogens is 1. The van der Waals surface area contributed by atoms with Crippen molar-refractivity contribution < 1.29 is 13.2 Å². The molecule has 0 unspecified atom stereocenters. The normalized spacial score (nSPS) is 14.4. The minimum atomic E-state index is -3.75. The summed E-state index contributed by atoms with van der Waals surface area (Å²) in [6.07, 6.45) is 1.63. The number of sulfonamides is 1. The van der Waals surface area contributed by atoms with Gasteiger partial charge in [0.25, 0.3) is 5.91 Å². The van der Waals surface area contributed by atoms with Crippen LogP contribution in [0.15, 0.2) is 47.4 Å². The monoisotopic (exact) mass is 418 g/mol. The van der Waals surface area contributed by atoms with E-state index < -0.39 is 15.9 Å². The fourth-order valence-electron chi connectivity index (χ4n) is 2.95. The van der Waals surface area contributed by atoms with E-state index in [4.69, 9.17) is 11.6 Å². The van der Waals surface area contributed by atoms with Gasteiger partial charge in [-0.25, -0.2) is 18.1 Å². The summed E-state index contributed by atoms with van der Waals surface area (Å²) >= 11 is 6.06. The van der Waals surface area contributed by atoms with Crippen molar-refractivity contribution in [1.82, 2.24) is 19.6 Å². The molecule has 0 atom stereocenters. The third-order valence-electron chi connectivity index (χ3n) is 4.67. The van der Waals surface area contributed by atoms with E-state index in [0.717, 1.165) is 23.9 Å². The van der Waals surface area contributed by atoms with Gasteiger partial charge in [0.1, 0.15) is 10.7 Å². The number of nitrogens with one attached hydrogen (secondary N) is 2. The third-order valence-corrected chi connectivity index (χ3v) is 6.67. The van der Waals surface area contributed by atoms with Gasteiger partial charge in [-0.1, -0.05) is 23.7 Å². The molecular formula is C19H19ClN4O3S. The number of benzene rings is 2. The van der Waals surface area contributed by atoms with Crippen LogP contribution in [0, 0.1) is 0 Å². The molecule has 1 aromatic heterocycles. The quantitative estimate of drug-likeness (QED) is 0.643. The standard InChI is InChI=1S/C19H19ClN4O3S/c1-24-16-5-3-2-4-15(16)22-18(24)11-21-19(25)12-6-9-14(20)17(10-12)28(26,27)23-13-7-8-13/h2-6,9-10,13,23H,7-8,11H2,1H3,(H,21,25). The van der Waals surface area contributed by atoms with E-state index in [2.05, 4.69) is 15.0 Å². The summed E-state index contributed by atoms with van der Waals surface area (Å²) in [6.45, 7) is 0.217. The molecule has 1 aliphatic carbocycles. The SMILES string of the molecule is Cn1c(CNC(=O)c2ccc(Cl)c(S(=O)(=O)NC3CC3)c2)nc2ccccc21. The smallest absolute Gasteiger partial charge is 0.251 e. The molecule has 1 amide bonds. The highest BCUT2D eigenvalue weighted by Gasteiger charge is 2.29. The number of para-hydroxylation sites is 2. The zero-order valence-electron chi connectivity index (χ0n) is 15.1. The predicted molar refractivity (Wildman–Crippen MR) is 107 cm³/mol. The lowest BCUT2D eigenvalue weighted by Crippen LogP contribution is -2.27. The fourth-order valence-corrected chi connectivity index (χ4v) is 4.78. The summed E-state index contributed by atoms with van der Waals surface area (Å²) in [7, 11) is -1.87. The maximum absolute atomic E-state index is 12.6. The van der Waals surface area contributed by atoms with Crippen LogP contribution in [0.25, 0.3) is 11.0 Å². The number of hydrogen-bond donors (Lipinski definition) is 2. The molecule has 1 fully saturated rings. The van der Waals surface area contributed by atoms with Gasteiger partial charge < -0.3 is 9.88 Å². The first-order valence-electron chi connectivity index (χ1n) is 8.85. The molecule has 0 saturated heterocycles. The highest BCUT2D eigenvalue weighted by atomic mass is 35.5. The molecule has 28 heavy (non-hydrogen) atoms. The maximum atomic E-state index is 12.6. The molecule has 0 radical (unpaired) electrons. The number of hydrogen-bond acceptors (Lipinski definition) is 4. The Morgan fingerprint density at radius 1 is 1.25 bits per heavy atom. The average molecular weight is 419 g/mol. The van der Waals surface area contributed by atoms with Crippen LogP contribution in [0.4, 0.5) is 0 Å². The van der Waals surface area contributed by atoms with Crippen LogP contribution in [0.5, 0.6) is 0 Å². The number of aryl methyl sites for hydroxylation is 1. The van der Waals surface area contributed by atoms with Crippen LogP contribution >= 0.6 is 11.6 Å². The van der Waals surface area contributed by atoms with Crippen LogP contribution < -0.4 is 10.0 Å². The molecule has 1 heterocycles. The largest absolute Gasteiger partial charge is 0.345 e.